The molecule has 0 saturated carbocycles. The number of aryl methyl sites for hydroxylation is 2. The standard InChI is InChI=1S/C12H11N3O2S/c1-15-4-9(13-5-15)10(16)7-2-3-8-12(11(7)17)18-6-14-8/h4-7H,2-3H2,1H3. The molecule has 92 valence electrons. The summed E-state index contributed by atoms with van der Waals surface area (Å²) in [6.07, 6.45) is 4.44. The van der Waals surface area contributed by atoms with Gasteiger partial charge < -0.3 is 4.57 Å². The third-order valence-corrected chi connectivity index (χ3v) is 4.01. The maximum Gasteiger partial charge on any atom is 0.193 e. The van der Waals surface area contributed by atoms with Crippen molar-refractivity contribution in [1.82, 2.24) is 14.5 Å². The van der Waals surface area contributed by atoms with Gasteiger partial charge in [0.25, 0.3) is 0 Å². The lowest BCUT2D eigenvalue weighted by Crippen LogP contribution is -2.29. The highest BCUT2D eigenvalue weighted by Crippen LogP contribution is 2.29. The van der Waals surface area contributed by atoms with Crippen molar-refractivity contribution in [3.8, 4) is 0 Å². The molecule has 1 aliphatic carbocycles. The number of aromatic nitrogens is 3. The van der Waals surface area contributed by atoms with Crippen LogP contribution in [0.25, 0.3) is 0 Å². The average molecular weight is 261 g/mol. The van der Waals surface area contributed by atoms with Crippen LogP contribution in [-0.4, -0.2) is 26.1 Å². The molecule has 0 aliphatic heterocycles. The first-order chi connectivity index (χ1) is 8.66. The van der Waals surface area contributed by atoms with Gasteiger partial charge in [-0.2, -0.15) is 0 Å². The molecule has 1 unspecified atom stereocenters. The molecule has 6 heteroatoms. The van der Waals surface area contributed by atoms with Gasteiger partial charge >= 0.3 is 0 Å². The maximum absolute atomic E-state index is 12.2. The Bertz CT molecular complexity index is 629. The topological polar surface area (TPSA) is 64.8 Å². The van der Waals surface area contributed by atoms with E-state index in [9.17, 15) is 9.59 Å². The van der Waals surface area contributed by atoms with E-state index in [-0.39, 0.29) is 11.6 Å². The van der Waals surface area contributed by atoms with E-state index in [1.165, 1.54) is 11.3 Å². The van der Waals surface area contributed by atoms with Crippen LogP contribution >= 0.6 is 11.3 Å². The van der Waals surface area contributed by atoms with E-state index >= 15 is 0 Å². The van der Waals surface area contributed by atoms with E-state index in [1.807, 2.05) is 0 Å². The molecule has 18 heavy (non-hydrogen) atoms. The Labute approximate surface area is 107 Å². The lowest BCUT2D eigenvalue weighted by Gasteiger charge is -2.17. The molecule has 0 spiro atoms. The Hall–Kier alpha value is -1.82. The molecular formula is C12H11N3O2S. The van der Waals surface area contributed by atoms with Gasteiger partial charge in [-0.05, 0) is 12.8 Å². The minimum atomic E-state index is -0.590. The number of hydrogen-bond acceptors (Lipinski definition) is 5. The molecule has 2 aromatic heterocycles. The second-order valence-electron chi connectivity index (χ2n) is 4.37. The number of carbonyl (C=O) groups excluding carboxylic acids is 2. The molecule has 1 aliphatic rings. The van der Waals surface area contributed by atoms with Gasteiger partial charge in [-0.3, -0.25) is 9.59 Å². The van der Waals surface area contributed by atoms with Gasteiger partial charge in [0.1, 0.15) is 5.69 Å². The first kappa shape index (κ1) is 11.3. The van der Waals surface area contributed by atoms with Gasteiger partial charge in [0.2, 0.25) is 0 Å². The first-order valence-electron chi connectivity index (χ1n) is 5.65. The van der Waals surface area contributed by atoms with Crippen molar-refractivity contribution < 1.29 is 9.59 Å². The molecule has 0 fully saturated rings. The van der Waals surface area contributed by atoms with E-state index in [1.54, 1.807) is 29.6 Å². The third-order valence-electron chi connectivity index (χ3n) is 3.13. The zero-order valence-corrected chi connectivity index (χ0v) is 10.6. The van der Waals surface area contributed by atoms with Gasteiger partial charge in [-0.25, -0.2) is 9.97 Å². The van der Waals surface area contributed by atoms with Crippen molar-refractivity contribution in [2.45, 2.75) is 12.8 Å². The van der Waals surface area contributed by atoms with Crippen LogP contribution in [0.1, 0.15) is 32.3 Å². The fourth-order valence-electron chi connectivity index (χ4n) is 2.19. The average Bonchev–Trinajstić information content (AvgIpc) is 2.97. The molecule has 3 rings (SSSR count). The minimum absolute atomic E-state index is 0.102. The van der Waals surface area contributed by atoms with Crippen molar-refractivity contribution in [1.29, 1.82) is 0 Å². The molecule has 0 aromatic carbocycles. The van der Waals surface area contributed by atoms with E-state index in [2.05, 4.69) is 9.97 Å². The van der Waals surface area contributed by atoms with Gasteiger partial charge in [-0.1, -0.05) is 0 Å². The molecule has 0 amide bonds. The number of Topliss-reactive ketones (excluding diaryl/α,β-unsaturated/α-hetero) is 2. The summed E-state index contributed by atoms with van der Waals surface area (Å²) >= 11 is 1.32. The third kappa shape index (κ3) is 1.69. The number of ketones is 2. The predicted octanol–water partition coefficient (Wildman–Crippen LogP) is 1.50. The van der Waals surface area contributed by atoms with Crippen molar-refractivity contribution >= 4 is 22.9 Å². The second kappa shape index (κ2) is 4.13. The maximum atomic E-state index is 12.2. The summed E-state index contributed by atoms with van der Waals surface area (Å²) in [5.41, 5.74) is 2.86. The van der Waals surface area contributed by atoms with Crippen molar-refractivity contribution in [3.63, 3.8) is 0 Å². The lowest BCUT2D eigenvalue weighted by molar-refractivity contribution is 0.0790. The predicted molar refractivity (Wildman–Crippen MR) is 65.8 cm³/mol. The quantitative estimate of drug-likeness (QED) is 0.607. The van der Waals surface area contributed by atoms with Crippen LogP contribution in [0, 0.1) is 5.92 Å². The Morgan fingerprint density at radius 1 is 1.50 bits per heavy atom. The zero-order valence-electron chi connectivity index (χ0n) is 9.79. The molecule has 0 N–H and O–H groups in total. The van der Waals surface area contributed by atoms with Crippen LogP contribution in [0.4, 0.5) is 0 Å². The van der Waals surface area contributed by atoms with Crippen LogP contribution in [-0.2, 0) is 13.5 Å². The zero-order chi connectivity index (χ0) is 12.7. The summed E-state index contributed by atoms with van der Waals surface area (Å²) in [6.45, 7) is 0. The number of thiazole rings is 1. The van der Waals surface area contributed by atoms with E-state index in [0.29, 0.717) is 23.4 Å². The molecule has 1 atom stereocenters. The van der Waals surface area contributed by atoms with Crippen molar-refractivity contribution in [2.75, 3.05) is 0 Å². The highest BCUT2D eigenvalue weighted by Gasteiger charge is 2.35. The fraction of sp³-hybridized carbons (Fsp3) is 0.333. The number of hydrogen-bond donors (Lipinski definition) is 0. The summed E-state index contributed by atoms with van der Waals surface area (Å²) in [5, 5.41) is 0. The second-order valence-corrected chi connectivity index (χ2v) is 5.23. The van der Waals surface area contributed by atoms with Gasteiger partial charge in [0.15, 0.2) is 11.6 Å². The summed E-state index contributed by atoms with van der Waals surface area (Å²) < 4.78 is 1.71. The Balaban J connectivity index is 1.91. The number of rotatable bonds is 2. The Morgan fingerprint density at radius 3 is 3.06 bits per heavy atom. The van der Waals surface area contributed by atoms with Crippen LogP contribution in [0.5, 0.6) is 0 Å². The largest absolute Gasteiger partial charge is 0.340 e. The molecule has 0 saturated heterocycles. The van der Waals surface area contributed by atoms with Gasteiger partial charge in [0, 0.05) is 13.2 Å². The SMILES string of the molecule is Cn1cnc(C(=O)C2CCc3ncsc3C2=O)c1. The Morgan fingerprint density at radius 2 is 2.33 bits per heavy atom. The Kier molecular flexibility index (Phi) is 2.59. The number of nitrogens with zero attached hydrogens (tertiary/aromatic N) is 3. The number of carbonyl (C=O) groups is 2. The van der Waals surface area contributed by atoms with E-state index in [0.717, 1.165) is 5.69 Å². The molecular weight excluding hydrogens is 250 g/mol. The van der Waals surface area contributed by atoms with Crippen LogP contribution in [0.15, 0.2) is 18.0 Å². The molecule has 5 nitrogen and oxygen atoms in total. The lowest BCUT2D eigenvalue weighted by atomic mass is 9.85. The van der Waals surface area contributed by atoms with Gasteiger partial charge in [0.05, 0.1) is 28.3 Å². The molecule has 2 heterocycles. The molecule has 0 bridgehead atoms. The van der Waals surface area contributed by atoms with Crippen LogP contribution in [0.3, 0.4) is 0 Å². The summed E-state index contributed by atoms with van der Waals surface area (Å²) in [5.74, 6) is -0.873. The van der Waals surface area contributed by atoms with E-state index in [4.69, 9.17) is 0 Å². The summed E-state index contributed by atoms with van der Waals surface area (Å²) in [6, 6.07) is 0. The smallest absolute Gasteiger partial charge is 0.193 e. The van der Waals surface area contributed by atoms with Crippen LogP contribution in [0.2, 0.25) is 0 Å². The summed E-state index contributed by atoms with van der Waals surface area (Å²) in [7, 11) is 1.80. The molecule has 0 radical (unpaired) electrons. The first-order valence-corrected chi connectivity index (χ1v) is 6.53. The van der Waals surface area contributed by atoms with Crippen molar-refractivity contribution in [3.05, 3.63) is 34.3 Å². The highest BCUT2D eigenvalue weighted by molar-refractivity contribution is 7.12. The minimum Gasteiger partial charge on any atom is -0.340 e. The van der Waals surface area contributed by atoms with E-state index < -0.39 is 5.92 Å². The number of fused-ring (bicyclic) bond motifs is 1. The monoisotopic (exact) mass is 261 g/mol. The van der Waals surface area contributed by atoms with Crippen molar-refractivity contribution in [2.24, 2.45) is 13.0 Å². The normalized spacial score (nSPS) is 18.7. The van der Waals surface area contributed by atoms with Gasteiger partial charge in [-0.15, -0.1) is 11.3 Å². The summed E-state index contributed by atoms with van der Waals surface area (Å²) in [4.78, 5) is 33.3. The van der Waals surface area contributed by atoms with Crippen LogP contribution < -0.4 is 0 Å². The highest BCUT2D eigenvalue weighted by atomic mass is 32.1. The number of imidazole rings is 1. The molecule has 2 aromatic rings. The fourth-order valence-corrected chi connectivity index (χ4v) is 3.02.